The van der Waals surface area contributed by atoms with E-state index >= 15 is 0 Å². The SMILES string of the molecule is COc1ccc2c(C(=O)N(CCOc3ccccc3)CC3CCCO3)cc(C)nc2c1. The molecule has 0 aliphatic carbocycles. The molecule has 1 saturated heterocycles. The minimum absolute atomic E-state index is 0.0344. The van der Waals surface area contributed by atoms with Crippen molar-refractivity contribution in [1.29, 1.82) is 0 Å². The molecule has 6 heteroatoms. The lowest BCUT2D eigenvalue weighted by atomic mass is 10.1. The van der Waals surface area contributed by atoms with E-state index in [-0.39, 0.29) is 12.0 Å². The molecule has 1 aliphatic heterocycles. The van der Waals surface area contributed by atoms with E-state index in [9.17, 15) is 4.79 Å². The van der Waals surface area contributed by atoms with Crippen LogP contribution in [-0.2, 0) is 4.74 Å². The zero-order chi connectivity index (χ0) is 21.6. The summed E-state index contributed by atoms with van der Waals surface area (Å²) in [6.45, 7) is 4.10. The second-order valence-electron chi connectivity index (χ2n) is 7.74. The van der Waals surface area contributed by atoms with Gasteiger partial charge in [0.05, 0.1) is 30.8 Å². The number of benzene rings is 2. The largest absolute Gasteiger partial charge is 0.497 e. The van der Waals surface area contributed by atoms with Gasteiger partial charge in [0, 0.05) is 30.3 Å². The van der Waals surface area contributed by atoms with Crippen molar-refractivity contribution in [3.63, 3.8) is 0 Å². The summed E-state index contributed by atoms with van der Waals surface area (Å²) in [6, 6.07) is 17.1. The fourth-order valence-corrected chi connectivity index (χ4v) is 3.92. The summed E-state index contributed by atoms with van der Waals surface area (Å²) in [7, 11) is 1.62. The summed E-state index contributed by atoms with van der Waals surface area (Å²) in [5.74, 6) is 1.48. The van der Waals surface area contributed by atoms with Crippen LogP contribution in [0.15, 0.2) is 54.6 Å². The number of carbonyl (C=O) groups is 1. The van der Waals surface area contributed by atoms with Gasteiger partial charge < -0.3 is 19.1 Å². The predicted molar refractivity (Wildman–Crippen MR) is 120 cm³/mol. The molecule has 162 valence electrons. The van der Waals surface area contributed by atoms with E-state index < -0.39 is 0 Å². The summed E-state index contributed by atoms with van der Waals surface area (Å²) < 4.78 is 17.0. The van der Waals surface area contributed by atoms with Gasteiger partial charge in [-0.25, -0.2) is 0 Å². The lowest BCUT2D eigenvalue weighted by Gasteiger charge is -2.26. The highest BCUT2D eigenvalue weighted by molar-refractivity contribution is 6.06. The summed E-state index contributed by atoms with van der Waals surface area (Å²) in [4.78, 5) is 20.1. The maximum atomic E-state index is 13.7. The zero-order valence-electron chi connectivity index (χ0n) is 18.0. The number of para-hydroxylation sites is 1. The molecule has 2 heterocycles. The number of carbonyl (C=O) groups excluding carboxylic acids is 1. The second kappa shape index (κ2) is 9.79. The number of hydrogen-bond acceptors (Lipinski definition) is 5. The molecular weight excluding hydrogens is 392 g/mol. The minimum atomic E-state index is -0.0344. The van der Waals surface area contributed by atoms with E-state index in [0.717, 1.165) is 47.5 Å². The molecule has 2 aromatic carbocycles. The Bertz CT molecular complexity index is 1030. The van der Waals surface area contributed by atoms with E-state index in [1.165, 1.54) is 0 Å². The number of rotatable bonds is 8. The van der Waals surface area contributed by atoms with Crippen LogP contribution in [0.25, 0.3) is 10.9 Å². The Kier molecular flexibility index (Phi) is 6.67. The number of hydrogen-bond donors (Lipinski definition) is 0. The second-order valence-corrected chi connectivity index (χ2v) is 7.74. The van der Waals surface area contributed by atoms with Crippen LogP contribution >= 0.6 is 0 Å². The predicted octanol–water partition coefficient (Wildman–Crippen LogP) is 4.25. The minimum Gasteiger partial charge on any atom is -0.497 e. The molecule has 1 amide bonds. The van der Waals surface area contributed by atoms with Gasteiger partial charge >= 0.3 is 0 Å². The van der Waals surface area contributed by atoms with Crippen LogP contribution in [0.4, 0.5) is 0 Å². The number of ether oxygens (including phenoxy) is 3. The molecule has 6 nitrogen and oxygen atoms in total. The van der Waals surface area contributed by atoms with Crippen molar-refractivity contribution in [2.24, 2.45) is 0 Å². The topological polar surface area (TPSA) is 60.9 Å². The normalized spacial score (nSPS) is 15.7. The first-order valence-corrected chi connectivity index (χ1v) is 10.7. The molecule has 0 N–H and O–H groups in total. The highest BCUT2D eigenvalue weighted by atomic mass is 16.5. The number of methoxy groups -OCH3 is 1. The molecule has 1 fully saturated rings. The van der Waals surface area contributed by atoms with E-state index in [1.807, 2.05) is 66.4 Å². The van der Waals surface area contributed by atoms with Gasteiger partial charge in [-0.15, -0.1) is 0 Å². The fraction of sp³-hybridized carbons (Fsp3) is 0.360. The average Bonchev–Trinajstić information content (AvgIpc) is 3.31. The number of amides is 1. The van der Waals surface area contributed by atoms with E-state index in [2.05, 4.69) is 4.98 Å². The van der Waals surface area contributed by atoms with Gasteiger partial charge in [-0.05, 0) is 50.1 Å². The van der Waals surface area contributed by atoms with Crippen molar-refractivity contribution in [2.75, 3.05) is 33.4 Å². The smallest absolute Gasteiger partial charge is 0.254 e. The molecule has 1 unspecified atom stereocenters. The average molecular weight is 421 g/mol. The quantitative estimate of drug-likeness (QED) is 0.545. The van der Waals surface area contributed by atoms with Crippen molar-refractivity contribution >= 4 is 16.8 Å². The molecule has 1 aromatic heterocycles. The van der Waals surface area contributed by atoms with Crippen molar-refractivity contribution in [3.8, 4) is 11.5 Å². The molecule has 4 rings (SSSR count). The fourth-order valence-electron chi connectivity index (χ4n) is 3.92. The molecule has 0 spiro atoms. The Morgan fingerprint density at radius 2 is 2.00 bits per heavy atom. The highest BCUT2D eigenvalue weighted by Crippen LogP contribution is 2.25. The van der Waals surface area contributed by atoms with E-state index in [4.69, 9.17) is 14.2 Å². The first kappa shape index (κ1) is 21.1. The first-order chi connectivity index (χ1) is 15.1. The number of aryl methyl sites for hydroxylation is 1. The maximum absolute atomic E-state index is 13.7. The summed E-state index contributed by atoms with van der Waals surface area (Å²) in [5.41, 5.74) is 2.19. The molecule has 31 heavy (non-hydrogen) atoms. The maximum Gasteiger partial charge on any atom is 0.254 e. The van der Waals surface area contributed by atoms with Gasteiger partial charge in [-0.2, -0.15) is 0 Å². The Balaban J connectivity index is 1.58. The standard InChI is InChI=1S/C25H28N2O4/c1-18-15-23(22-11-10-20(29-2)16-24(22)26-18)25(28)27(17-21-9-6-13-30-21)12-14-31-19-7-4-3-5-8-19/h3-5,7-8,10-11,15-16,21H,6,9,12-14,17H2,1-2H3. The molecular formula is C25H28N2O4. The number of nitrogens with zero attached hydrogens (tertiary/aromatic N) is 2. The van der Waals surface area contributed by atoms with Crippen molar-refractivity contribution in [1.82, 2.24) is 9.88 Å². The zero-order valence-corrected chi connectivity index (χ0v) is 18.0. The van der Waals surface area contributed by atoms with Crippen molar-refractivity contribution < 1.29 is 19.0 Å². The van der Waals surface area contributed by atoms with Crippen molar-refractivity contribution in [3.05, 3.63) is 65.9 Å². The Morgan fingerprint density at radius 3 is 2.74 bits per heavy atom. The number of pyridine rings is 1. The van der Waals surface area contributed by atoms with Gasteiger partial charge in [0.2, 0.25) is 0 Å². The summed E-state index contributed by atoms with van der Waals surface area (Å²) >= 11 is 0. The van der Waals surface area contributed by atoms with Crippen LogP contribution in [0, 0.1) is 6.92 Å². The third-order valence-electron chi connectivity index (χ3n) is 5.48. The third kappa shape index (κ3) is 5.14. The van der Waals surface area contributed by atoms with E-state index in [1.54, 1.807) is 7.11 Å². The molecule has 0 radical (unpaired) electrons. The van der Waals surface area contributed by atoms with E-state index in [0.29, 0.717) is 25.3 Å². The highest BCUT2D eigenvalue weighted by Gasteiger charge is 2.25. The van der Waals surface area contributed by atoms with Crippen LogP contribution in [-0.4, -0.2) is 55.3 Å². The summed E-state index contributed by atoms with van der Waals surface area (Å²) in [6.07, 6.45) is 2.07. The van der Waals surface area contributed by atoms with Crippen molar-refractivity contribution in [2.45, 2.75) is 25.9 Å². The third-order valence-corrected chi connectivity index (χ3v) is 5.48. The molecule has 1 aliphatic rings. The molecule has 1 atom stereocenters. The lowest BCUT2D eigenvalue weighted by Crippen LogP contribution is -2.40. The molecule has 0 bridgehead atoms. The molecule has 3 aromatic rings. The van der Waals surface area contributed by atoms with Gasteiger partial charge in [-0.3, -0.25) is 9.78 Å². The number of aromatic nitrogens is 1. The number of fused-ring (bicyclic) bond motifs is 1. The van der Waals surface area contributed by atoms with Crippen LogP contribution < -0.4 is 9.47 Å². The van der Waals surface area contributed by atoms with Crippen LogP contribution in [0.2, 0.25) is 0 Å². The summed E-state index contributed by atoms with van der Waals surface area (Å²) in [5, 5.41) is 0.817. The van der Waals surface area contributed by atoms with Crippen LogP contribution in [0.1, 0.15) is 28.9 Å². The lowest BCUT2D eigenvalue weighted by molar-refractivity contribution is 0.0495. The van der Waals surface area contributed by atoms with Crippen LogP contribution in [0.5, 0.6) is 11.5 Å². The first-order valence-electron chi connectivity index (χ1n) is 10.7. The monoisotopic (exact) mass is 420 g/mol. The Labute approximate surface area is 182 Å². The van der Waals surface area contributed by atoms with Gasteiger partial charge in [0.1, 0.15) is 18.1 Å². The molecule has 0 saturated carbocycles. The van der Waals surface area contributed by atoms with Crippen LogP contribution in [0.3, 0.4) is 0 Å². The Morgan fingerprint density at radius 1 is 1.16 bits per heavy atom. The van der Waals surface area contributed by atoms with Gasteiger partial charge in [-0.1, -0.05) is 18.2 Å². The van der Waals surface area contributed by atoms with Gasteiger partial charge in [0.15, 0.2) is 0 Å². The Hall–Kier alpha value is -3.12. The van der Waals surface area contributed by atoms with Gasteiger partial charge in [0.25, 0.3) is 5.91 Å².